The van der Waals surface area contributed by atoms with Crippen LogP contribution in [0.1, 0.15) is 0 Å². The fraction of sp³-hybridized carbons (Fsp3) is 1.00. The molecule has 0 aromatic heterocycles. The molecular weight excluding hydrogens is 287 g/mol. The van der Waals surface area contributed by atoms with E-state index in [0.717, 1.165) is 7.11 Å². The average Bonchev–Trinajstić information content (AvgIpc) is 2.12. The second kappa shape index (κ2) is 5.11. The first kappa shape index (κ1) is 17.3. The van der Waals surface area contributed by atoms with Gasteiger partial charge in [0.25, 0.3) is 0 Å². The minimum absolute atomic E-state index is 0.735. The van der Waals surface area contributed by atoms with E-state index in [-0.39, 0.29) is 0 Å². The molecule has 0 aliphatic rings. The van der Waals surface area contributed by atoms with Gasteiger partial charge in [0.05, 0.1) is 13.2 Å². The third kappa shape index (κ3) is 2.99. The van der Waals surface area contributed by atoms with Gasteiger partial charge in [0.15, 0.2) is 0 Å². The number of ether oxygens (including phenoxy) is 2. The smallest absolute Gasteiger partial charge is 0.382 e. The van der Waals surface area contributed by atoms with Crippen molar-refractivity contribution in [3.8, 4) is 0 Å². The number of halogens is 9. The summed E-state index contributed by atoms with van der Waals surface area (Å²) in [6, 6.07) is 0. The Hall–Kier alpha value is -0.710. The van der Waals surface area contributed by atoms with E-state index >= 15 is 0 Å². The third-order valence-electron chi connectivity index (χ3n) is 1.75. The van der Waals surface area contributed by atoms with Crippen LogP contribution in [0.3, 0.4) is 0 Å². The van der Waals surface area contributed by atoms with Crippen LogP contribution >= 0.6 is 0 Å². The lowest BCUT2D eigenvalue weighted by Gasteiger charge is -2.35. The van der Waals surface area contributed by atoms with Crippen molar-refractivity contribution in [1.29, 1.82) is 0 Å². The quantitative estimate of drug-likeness (QED) is 0.573. The number of methoxy groups -OCH3 is 1. The Balaban J connectivity index is 5.34. The molecule has 0 radical (unpaired) electrons. The summed E-state index contributed by atoms with van der Waals surface area (Å²) < 4.78 is 117. The van der Waals surface area contributed by atoms with E-state index in [1.165, 1.54) is 0 Å². The predicted octanol–water partition coefficient (Wildman–Crippen LogP) is 3.08. The second-order valence-electron chi connectivity index (χ2n) is 3.01. The molecule has 0 heterocycles. The van der Waals surface area contributed by atoms with E-state index < -0.39 is 37.3 Å². The fourth-order valence-corrected chi connectivity index (χ4v) is 0.843. The molecule has 0 rings (SSSR count). The van der Waals surface area contributed by atoms with Crippen LogP contribution in [0, 0.1) is 0 Å². The molecule has 0 aliphatic carbocycles. The maximum Gasteiger partial charge on any atom is 0.440 e. The lowest BCUT2D eigenvalue weighted by molar-refractivity contribution is -0.449. The van der Waals surface area contributed by atoms with Crippen LogP contribution in [0.15, 0.2) is 0 Å². The molecule has 0 aliphatic heterocycles. The standard InChI is InChI=1S/C7H7F9O2/c1-17-2-3-18-7(15,16)4(8,5(9,10)11)6(12,13)14/h2-3H2,1H3. The topological polar surface area (TPSA) is 18.5 Å². The molecule has 0 unspecified atom stereocenters. The van der Waals surface area contributed by atoms with Gasteiger partial charge < -0.3 is 9.47 Å². The van der Waals surface area contributed by atoms with Crippen molar-refractivity contribution in [2.24, 2.45) is 0 Å². The maximum atomic E-state index is 12.8. The summed E-state index contributed by atoms with van der Waals surface area (Å²) >= 11 is 0. The molecule has 110 valence electrons. The summed E-state index contributed by atoms with van der Waals surface area (Å²) in [6.45, 7) is -2.08. The van der Waals surface area contributed by atoms with Crippen molar-refractivity contribution in [3.05, 3.63) is 0 Å². The van der Waals surface area contributed by atoms with Crippen LogP contribution in [-0.2, 0) is 9.47 Å². The van der Waals surface area contributed by atoms with Gasteiger partial charge in [-0.2, -0.15) is 35.1 Å². The van der Waals surface area contributed by atoms with Crippen molar-refractivity contribution in [3.63, 3.8) is 0 Å². The molecular formula is C7H7F9O2. The fourth-order valence-electron chi connectivity index (χ4n) is 0.843. The van der Waals surface area contributed by atoms with Crippen LogP contribution in [0.4, 0.5) is 39.5 Å². The van der Waals surface area contributed by atoms with Crippen molar-refractivity contribution in [2.45, 2.75) is 24.1 Å². The Morgan fingerprint density at radius 3 is 1.39 bits per heavy atom. The van der Waals surface area contributed by atoms with Gasteiger partial charge in [-0.3, -0.25) is 0 Å². The normalized spacial score (nSPS) is 15.0. The zero-order valence-electron chi connectivity index (χ0n) is 8.63. The summed E-state index contributed by atoms with van der Waals surface area (Å²) in [6.07, 6.45) is -19.9. The lowest BCUT2D eigenvalue weighted by Crippen LogP contribution is -2.65. The first-order chi connectivity index (χ1) is 7.81. The number of alkyl halides is 9. The van der Waals surface area contributed by atoms with Crippen molar-refractivity contribution in [1.82, 2.24) is 0 Å². The first-order valence-electron chi connectivity index (χ1n) is 4.14. The summed E-state index contributed by atoms with van der Waals surface area (Å²) in [5.74, 6) is 0. The largest absolute Gasteiger partial charge is 0.440 e. The molecule has 0 N–H and O–H groups in total. The summed E-state index contributed by atoms with van der Waals surface area (Å²) in [5.41, 5.74) is -6.79. The molecule has 0 amide bonds. The summed E-state index contributed by atoms with van der Waals surface area (Å²) in [5, 5.41) is 0. The molecule has 0 bridgehead atoms. The van der Waals surface area contributed by atoms with Gasteiger partial charge in [-0.25, -0.2) is 4.39 Å². The monoisotopic (exact) mass is 294 g/mol. The number of hydrogen-bond donors (Lipinski definition) is 0. The molecule has 0 spiro atoms. The summed E-state index contributed by atoms with van der Waals surface area (Å²) in [4.78, 5) is 0. The molecule has 0 fully saturated rings. The van der Waals surface area contributed by atoms with Gasteiger partial charge >= 0.3 is 24.1 Å². The van der Waals surface area contributed by atoms with Gasteiger partial charge in [0.1, 0.15) is 0 Å². The molecule has 2 nitrogen and oxygen atoms in total. The van der Waals surface area contributed by atoms with Crippen LogP contribution < -0.4 is 0 Å². The van der Waals surface area contributed by atoms with E-state index in [0.29, 0.717) is 0 Å². The molecule has 0 aromatic rings. The molecule has 0 saturated carbocycles. The molecule has 0 atom stereocenters. The maximum absolute atomic E-state index is 12.8. The zero-order chi connectivity index (χ0) is 14.8. The highest BCUT2D eigenvalue weighted by atomic mass is 19.4. The Kier molecular flexibility index (Phi) is 4.91. The minimum Gasteiger partial charge on any atom is -0.382 e. The van der Waals surface area contributed by atoms with E-state index in [2.05, 4.69) is 9.47 Å². The van der Waals surface area contributed by atoms with E-state index in [9.17, 15) is 39.5 Å². The SMILES string of the molecule is COCCOC(F)(F)C(F)(C(F)(F)F)C(F)(F)F. The van der Waals surface area contributed by atoms with Crippen molar-refractivity contribution >= 4 is 0 Å². The second-order valence-corrected chi connectivity index (χ2v) is 3.01. The van der Waals surface area contributed by atoms with Gasteiger partial charge in [-0.05, 0) is 0 Å². The average molecular weight is 294 g/mol. The minimum atomic E-state index is -6.89. The van der Waals surface area contributed by atoms with Crippen LogP contribution in [-0.4, -0.2) is 44.5 Å². The van der Waals surface area contributed by atoms with Gasteiger partial charge in [0.2, 0.25) is 0 Å². The zero-order valence-corrected chi connectivity index (χ0v) is 8.63. The van der Waals surface area contributed by atoms with Crippen molar-refractivity contribution < 1.29 is 49.0 Å². The Morgan fingerprint density at radius 1 is 0.722 bits per heavy atom. The van der Waals surface area contributed by atoms with Gasteiger partial charge in [0, 0.05) is 7.11 Å². The van der Waals surface area contributed by atoms with Crippen LogP contribution in [0.25, 0.3) is 0 Å². The van der Waals surface area contributed by atoms with Crippen molar-refractivity contribution in [2.75, 3.05) is 20.3 Å². The highest BCUT2D eigenvalue weighted by molar-refractivity contribution is 5.01. The Morgan fingerprint density at radius 2 is 1.11 bits per heavy atom. The predicted molar refractivity (Wildman–Crippen MR) is 38.7 cm³/mol. The van der Waals surface area contributed by atoms with E-state index in [4.69, 9.17) is 0 Å². The molecule has 18 heavy (non-hydrogen) atoms. The highest BCUT2D eigenvalue weighted by Crippen LogP contribution is 2.54. The van der Waals surface area contributed by atoms with Crippen LogP contribution in [0.2, 0.25) is 0 Å². The van der Waals surface area contributed by atoms with Gasteiger partial charge in [-0.15, -0.1) is 0 Å². The lowest BCUT2D eigenvalue weighted by atomic mass is 10.0. The molecule has 11 heteroatoms. The van der Waals surface area contributed by atoms with Gasteiger partial charge in [-0.1, -0.05) is 0 Å². The van der Waals surface area contributed by atoms with E-state index in [1.807, 2.05) is 0 Å². The molecule has 0 saturated heterocycles. The van der Waals surface area contributed by atoms with Crippen LogP contribution in [0.5, 0.6) is 0 Å². The Labute approximate surface area is 94.6 Å². The first-order valence-corrected chi connectivity index (χ1v) is 4.14. The number of hydrogen-bond acceptors (Lipinski definition) is 2. The van der Waals surface area contributed by atoms with E-state index in [1.54, 1.807) is 0 Å². The Bertz CT molecular complexity index is 255. The highest BCUT2D eigenvalue weighted by Gasteiger charge is 2.85. The third-order valence-corrected chi connectivity index (χ3v) is 1.75. The number of rotatable bonds is 5. The molecule has 0 aromatic carbocycles. The summed E-state index contributed by atoms with van der Waals surface area (Å²) in [7, 11) is 0.928.